The largest absolute Gasteiger partial charge is 0.337 e. The highest BCUT2D eigenvalue weighted by Gasteiger charge is 2.29. The van der Waals surface area contributed by atoms with Crippen molar-refractivity contribution in [2.24, 2.45) is 5.92 Å². The molecule has 116 valence electrons. The van der Waals surface area contributed by atoms with E-state index >= 15 is 0 Å². The van der Waals surface area contributed by atoms with Crippen molar-refractivity contribution in [2.45, 2.75) is 48.3 Å². The lowest BCUT2D eigenvalue weighted by atomic mass is 9.90. The second-order valence-electron chi connectivity index (χ2n) is 4.99. The van der Waals surface area contributed by atoms with Crippen molar-refractivity contribution < 1.29 is 4.79 Å². The Balaban J connectivity index is 2.46. The van der Waals surface area contributed by atoms with E-state index in [1.54, 1.807) is 18.7 Å². The van der Waals surface area contributed by atoms with Crippen molar-refractivity contribution in [1.82, 2.24) is 15.5 Å². The average molecular weight is 345 g/mol. The summed E-state index contributed by atoms with van der Waals surface area (Å²) in [4.78, 5) is 11.9. The molecule has 1 aromatic rings. The van der Waals surface area contributed by atoms with E-state index in [2.05, 4.69) is 28.5 Å². The fourth-order valence-electron chi connectivity index (χ4n) is 1.26. The van der Waals surface area contributed by atoms with Crippen molar-refractivity contribution in [2.75, 3.05) is 11.5 Å². The molecule has 0 saturated carbocycles. The minimum Gasteiger partial charge on any atom is -0.337 e. The molecule has 0 saturated heterocycles. The lowest BCUT2D eigenvalue weighted by Gasteiger charge is -2.27. The molecule has 0 aromatic carbocycles. The Morgan fingerprint density at radius 2 is 2.05 bits per heavy atom. The lowest BCUT2D eigenvalue weighted by molar-refractivity contribution is -0.120. The summed E-state index contributed by atoms with van der Waals surface area (Å²) in [6.45, 7) is 7.69. The molecule has 0 radical (unpaired) electrons. The number of aromatic nitrogens is 2. The van der Waals surface area contributed by atoms with Gasteiger partial charge >= 0.3 is 0 Å². The van der Waals surface area contributed by atoms with Gasteiger partial charge in [-0.25, -0.2) is 0 Å². The number of amides is 1. The molecule has 0 aliphatic carbocycles. The Kier molecular flexibility index (Phi) is 7.49. The van der Waals surface area contributed by atoms with Gasteiger partial charge in [0.25, 0.3) is 0 Å². The predicted octanol–water partition coefficient (Wildman–Crippen LogP) is 3.19. The van der Waals surface area contributed by atoms with Crippen LogP contribution in [0.25, 0.3) is 0 Å². The highest BCUT2D eigenvalue weighted by Crippen LogP contribution is 2.29. The van der Waals surface area contributed by atoms with E-state index < -0.39 is 5.54 Å². The summed E-state index contributed by atoms with van der Waals surface area (Å²) in [5.41, 5.74) is -0.832. The number of nitrogens with zero attached hydrogens (tertiary/aromatic N) is 3. The van der Waals surface area contributed by atoms with Gasteiger partial charge in [-0.3, -0.25) is 4.79 Å². The Bertz CT molecular complexity index is 512. The maximum Gasteiger partial charge on any atom is 0.231 e. The molecule has 0 bridgehead atoms. The molecule has 1 aromatic heterocycles. The average Bonchev–Trinajstić information content (AvgIpc) is 2.90. The van der Waals surface area contributed by atoms with E-state index in [1.807, 2.05) is 13.8 Å². The Labute approximate surface area is 138 Å². The van der Waals surface area contributed by atoms with Crippen molar-refractivity contribution in [3.8, 4) is 6.07 Å². The topological polar surface area (TPSA) is 78.7 Å². The maximum absolute atomic E-state index is 11.9. The van der Waals surface area contributed by atoms with Crippen LogP contribution < -0.4 is 5.32 Å². The Morgan fingerprint density at radius 3 is 2.57 bits per heavy atom. The molecule has 1 heterocycles. The number of carbonyl (C=O) groups excluding carboxylic acids is 1. The molecule has 1 N–H and O–H groups in total. The standard InChI is InChI=1S/C13H20N4OS3/c1-5-6-19-11-16-17-12(21-11)20-7-10(18)15-13(4,8-14)9(2)3/h9H,5-7H2,1-4H3,(H,15,18)/t13-/m0/s1. The zero-order chi connectivity index (χ0) is 15.9. The van der Waals surface area contributed by atoms with Crippen molar-refractivity contribution in [3.05, 3.63) is 0 Å². The first-order valence-electron chi connectivity index (χ1n) is 6.72. The van der Waals surface area contributed by atoms with Gasteiger partial charge < -0.3 is 5.32 Å². The van der Waals surface area contributed by atoms with E-state index in [4.69, 9.17) is 0 Å². The molecular weight excluding hydrogens is 324 g/mol. The smallest absolute Gasteiger partial charge is 0.231 e. The van der Waals surface area contributed by atoms with Crippen LogP contribution in [0.4, 0.5) is 0 Å². The summed E-state index contributed by atoms with van der Waals surface area (Å²) < 4.78 is 1.72. The Hall–Kier alpha value is -0.780. The van der Waals surface area contributed by atoms with Gasteiger partial charge in [0.1, 0.15) is 5.54 Å². The van der Waals surface area contributed by atoms with Crippen molar-refractivity contribution >= 4 is 40.8 Å². The highest BCUT2D eigenvalue weighted by atomic mass is 32.2. The zero-order valence-electron chi connectivity index (χ0n) is 12.7. The fraction of sp³-hybridized carbons (Fsp3) is 0.692. The third-order valence-electron chi connectivity index (χ3n) is 2.93. The van der Waals surface area contributed by atoms with Gasteiger partial charge in [-0.2, -0.15) is 5.26 Å². The van der Waals surface area contributed by atoms with Crippen LogP contribution in [0.15, 0.2) is 8.68 Å². The van der Waals surface area contributed by atoms with Gasteiger partial charge in [-0.1, -0.05) is 55.6 Å². The zero-order valence-corrected chi connectivity index (χ0v) is 15.1. The summed E-state index contributed by atoms with van der Waals surface area (Å²) in [7, 11) is 0. The monoisotopic (exact) mass is 344 g/mol. The third kappa shape index (κ3) is 5.85. The van der Waals surface area contributed by atoms with E-state index in [0.717, 1.165) is 20.9 Å². The molecule has 0 spiro atoms. The van der Waals surface area contributed by atoms with Crippen molar-refractivity contribution in [3.63, 3.8) is 0 Å². The second-order valence-corrected chi connectivity index (χ2v) is 8.53. The second kappa shape index (κ2) is 8.61. The normalized spacial score (nSPS) is 13.7. The maximum atomic E-state index is 11.9. The van der Waals surface area contributed by atoms with Gasteiger partial charge in [0, 0.05) is 5.75 Å². The van der Waals surface area contributed by atoms with Gasteiger partial charge in [0.15, 0.2) is 8.68 Å². The Morgan fingerprint density at radius 1 is 1.43 bits per heavy atom. The van der Waals surface area contributed by atoms with E-state index in [-0.39, 0.29) is 17.6 Å². The molecule has 1 amide bonds. The molecule has 21 heavy (non-hydrogen) atoms. The van der Waals surface area contributed by atoms with Crippen molar-refractivity contribution in [1.29, 1.82) is 5.26 Å². The lowest BCUT2D eigenvalue weighted by Crippen LogP contribution is -2.49. The first kappa shape index (κ1) is 18.3. The molecule has 1 atom stereocenters. The van der Waals surface area contributed by atoms with Crippen LogP contribution in [0, 0.1) is 17.2 Å². The van der Waals surface area contributed by atoms with Crippen LogP contribution in [-0.4, -0.2) is 33.1 Å². The number of carbonyl (C=O) groups is 1. The molecule has 0 unspecified atom stereocenters. The van der Waals surface area contributed by atoms with Gasteiger partial charge in [0.05, 0.1) is 11.8 Å². The van der Waals surface area contributed by atoms with Gasteiger partial charge in [-0.15, -0.1) is 10.2 Å². The van der Waals surface area contributed by atoms with E-state index in [0.29, 0.717) is 0 Å². The summed E-state index contributed by atoms with van der Waals surface area (Å²) in [5, 5.41) is 20.1. The highest BCUT2D eigenvalue weighted by molar-refractivity contribution is 8.03. The van der Waals surface area contributed by atoms with Crippen LogP contribution >= 0.6 is 34.9 Å². The molecule has 5 nitrogen and oxygen atoms in total. The van der Waals surface area contributed by atoms with Crippen LogP contribution in [0.1, 0.15) is 34.1 Å². The first-order chi connectivity index (χ1) is 9.91. The van der Waals surface area contributed by atoms with Crippen LogP contribution in [-0.2, 0) is 4.79 Å². The van der Waals surface area contributed by atoms with E-state index in [9.17, 15) is 10.1 Å². The minimum absolute atomic E-state index is 0.0509. The van der Waals surface area contributed by atoms with Crippen LogP contribution in [0.2, 0.25) is 0 Å². The number of hydrogen-bond acceptors (Lipinski definition) is 7. The van der Waals surface area contributed by atoms with E-state index in [1.165, 1.54) is 23.1 Å². The number of nitriles is 1. The third-order valence-corrected chi connectivity index (χ3v) is 6.33. The quantitative estimate of drug-likeness (QED) is 0.730. The molecule has 1 rings (SSSR count). The first-order valence-corrected chi connectivity index (χ1v) is 9.51. The van der Waals surface area contributed by atoms with Gasteiger partial charge in [0.2, 0.25) is 5.91 Å². The SMILES string of the molecule is CCCSc1nnc(SCC(=O)N[C@@](C)(C#N)C(C)C)s1. The summed E-state index contributed by atoms with van der Waals surface area (Å²) >= 11 is 4.54. The number of nitrogens with one attached hydrogen (secondary N) is 1. The summed E-state index contributed by atoms with van der Waals surface area (Å²) in [6.07, 6.45) is 1.09. The molecule has 0 aliphatic heterocycles. The molecule has 0 fully saturated rings. The number of hydrogen-bond donors (Lipinski definition) is 1. The number of thioether (sulfide) groups is 2. The predicted molar refractivity (Wildman–Crippen MR) is 88.6 cm³/mol. The summed E-state index contributed by atoms with van der Waals surface area (Å²) in [6, 6.07) is 2.16. The fourth-order valence-corrected chi connectivity index (χ4v) is 4.00. The molecular formula is C13H20N4OS3. The van der Waals surface area contributed by atoms with Gasteiger partial charge in [-0.05, 0) is 19.3 Å². The molecule has 0 aliphatic rings. The van der Waals surface area contributed by atoms with Crippen LogP contribution in [0.5, 0.6) is 0 Å². The minimum atomic E-state index is -0.832. The summed E-state index contributed by atoms with van der Waals surface area (Å²) in [5.74, 6) is 1.16. The number of rotatable bonds is 8. The van der Waals surface area contributed by atoms with Crippen LogP contribution in [0.3, 0.4) is 0 Å². The molecule has 8 heteroatoms.